The molecule has 0 unspecified atom stereocenters. The lowest BCUT2D eigenvalue weighted by molar-refractivity contribution is 0.0124. The molecule has 0 saturated carbocycles. The number of hydrogen-bond acceptors (Lipinski definition) is 11. The van der Waals surface area contributed by atoms with Gasteiger partial charge >= 0.3 is 6.09 Å². The molecule has 1 saturated heterocycles. The second kappa shape index (κ2) is 14.3. The zero-order valence-electron chi connectivity index (χ0n) is 28.6. The molecular formula is C35H37F2N7O5S2. The van der Waals surface area contributed by atoms with Crippen molar-refractivity contribution in [1.29, 1.82) is 0 Å². The minimum Gasteiger partial charge on any atom is -0.444 e. The van der Waals surface area contributed by atoms with Crippen LogP contribution in [0.4, 0.5) is 25.2 Å². The van der Waals surface area contributed by atoms with Gasteiger partial charge in [-0.2, -0.15) is 0 Å². The molecule has 1 amide bonds. The molecule has 51 heavy (non-hydrogen) atoms. The Bertz CT molecular complexity index is 2190. The second-order valence-electron chi connectivity index (χ2n) is 13.2. The van der Waals surface area contributed by atoms with Gasteiger partial charge in [0.05, 0.1) is 34.2 Å². The lowest BCUT2D eigenvalue weighted by Crippen LogP contribution is -2.51. The molecule has 5 aromatic rings. The number of amides is 1. The number of carbonyl (C=O) groups is 1. The summed E-state index contributed by atoms with van der Waals surface area (Å²) in [5, 5.41) is 6.27. The van der Waals surface area contributed by atoms with Gasteiger partial charge in [0.15, 0.2) is 0 Å². The summed E-state index contributed by atoms with van der Waals surface area (Å²) >= 11 is 1.33. The second-order valence-corrected chi connectivity index (χ2v) is 16.0. The number of halogens is 2. The number of thiazole rings is 1. The summed E-state index contributed by atoms with van der Waals surface area (Å²) in [6, 6.07) is 10.7. The highest BCUT2D eigenvalue weighted by atomic mass is 32.2. The van der Waals surface area contributed by atoms with Crippen LogP contribution in [0.3, 0.4) is 0 Å². The Kier molecular flexibility index (Phi) is 10.1. The van der Waals surface area contributed by atoms with E-state index in [0.717, 1.165) is 5.01 Å². The molecule has 0 aliphatic carbocycles. The zero-order valence-corrected chi connectivity index (χ0v) is 30.2. The summed E-state index contributed by atoms with van der Waals surface area (Å²) in [4.78, 5) is 31.6. The first kappa shape index (κ1) is 35.9. The number of aryl methyl sites for hydroxylation is 2. The third-order valence-corrected chi connectivity index (χ3v) is 9.86. The van der Waals surface area contributed by atoms with Crippen molar-refractivity contribution in [3.05, 3.63) is 82.3 Å². The predicted molar refractivity (Wildman–Crippen MR) is 192 cm³/mol. The van der Waals surface area contributed by atoms with E-state index < -0.39 is 45.5 Å². The number of sulfonamides is 1. The molecule has 1 fully saturated rings. The Morgan fingerprint density at radius 2 is 1.82 bits per heavy atom. The molecule has 1 aliphatic rings. The van der Waals surface area contributed by atoms with Gasteiger partial charge in [0, 0.05) is 47.6 Å². The molecule has 2 atom stereocenters. The number of carbonyl (C=O) groups excluding carboxylic acids is 1. The van der Waals surface area contributed by atoms with E-state index in [1.807, 2.05) is 6.92 Å². The van der Waals surface area contributed by atoms with Crippen molar-refractivity contribution in [1.82, 2.24) is 24.8 Å². The van der Waals surface area contributed by atoms with Crippen molar-refractivity contribution >= 4 is 49.9 Å². The van der Waals surface area contributed by atoms with Gasteiger partial charge in [-0.1, -0.05) is 12.1 Å². The lowest BCUT2D eigenvalue weighted by atomic mass is 10.0. The molecule has 0 bridgehead atoms. The molecule has 4 heterocycles. The topological polar surface area (TPSA) is 149 Å². The smallest absolute Gasteiger partial charge is 0.410 e. The number of alkyl halides is 1. The molecule has 0 radical (unpaired) electrons. The Hall–Kier alpha value is -4.96. The highest BCUT2D eigenvalue weighted by Crippen LogP contribution is 2.40. The maximum absolute atomic E-state index is 15.2. The van der Waals surface area contributed by atoms with Crippen LogP contribution in [-0.2, 0) is 20.5 Å². The average molecular weight is 738 g/mol. The van der Waals surface area contributed by atoms with Crippen LogP contribution in [-0.4, -0.2) is 70.3 Å². The van der Waals surface area contributed by atoms with Crippen LogP contribution in [0.2, 0.25) is 0 Å². The summed E-state index contributed by atoms with van der Waals surface area (Å²) < 4.78 is 70.4. The van der Waals surface area contributed by atoms with Crippen molar-refractivity contribution in [2.24, 2.45) is 0 Å². The molecule has 6 rings (SSSR count). The zero-order chi connectivity index (χ0) is 36.5. The average Bonchev–Trinajstić information content (AvgIpc) is 3.46. The van der Waals surface area contributed by atoms with Crippen LogP contribution in [0.15, 0.2) is 60.2 Å². The minimum atomic E-state index is -4.01. The fourth-order valence-electron chi connectivity index (χ4n) is 5.70. The monoisotopic (exact) mass is 737 g/mol. The molecule has 0 spiro atoms. The third kappa shape index (κ3) is 8.68. The SMILES string of the molecule is Cc1nc(CS(=O)(=O)Nc2c(F)ccc3c(Oc4ncccc4-c4ccnc(N[C@@H]5C[C@@H](F)CN(C(=O)OC(C)(C)C)C5)n4)c(C)ccc23)cs1. The molecule has 2 N–H and O–H groups in total. The van der Waals surface area contributed by atoms with Gasteiger partial charge in [0.1, 0.15) is 29.1 Å². The maximum Gasteiger partial charge on any atom is 0.410 e. The van der Waals surface area contributed by atoms with E-state index in [2.05, 4.69) is 30.0 Å². The van der Waals surface area contributed by atoms with E-state index in [4.69, 9.17) is 9.47 Å². The first-order valence-electron chi connectivity index (χ1n) is 16.1. The third-order valence-electron chi connectivity index (χ3n) is 7.85. The number of fused-ring (bicyclic) bond motifs is 1. The summed E-state index contributed by atoms with van der Waals surface area (Å²) in [5.41, 5.74) is 1.08. The first-order valence-corrected chi connectivity index (χ1v) is 18.7. The summed E-state index contributed by atoms with van der Waals surface area (Å²) in [7, 11) is -4.01. The molecular weight excluding hydrogens is 701 g/mol. The first-order chi connectivity index (χ1) is 24.1. The molecule has 16 heteroatoms. The maximum atomic E-state index is 15.2. The largest absolute Gasteiger partial charge is 0.444 e. The summed E-state index contributed by atoms with van der Waals surface area (Å²) in [6.07, 6.45) is 1.39. The van der Waals surface area contributed by atoms with E-state index in [0.29, 0.717) is 39.0 Å². The fraction of sp³-hybridized carbons (Fsp3) is 0.343. The Balaban J connectivity index is 1.26. The standard InChI is InChI=1S/C35H37F2N7O5S2/c1-20-8-9-25-26(10-11-28(37)30(25)43-51(46,47)19-24-18-50-21(2)40-24)31(20)48-32-27(7-6-13-38-32)29-12-14-39-33(42-29)41-23-15-22(36)16-44(17-23)34(45)49-35(3,4)5/h6-14,18,22-23,43H,15-17,19H2,1-5H3,(H,39,41,42)/t22-,23-/m1/s1. The van der Waals surface area contributed by atoms with Gasteiger partial charge in [-0.15, -0.1) is 11.3 Å². The van der Waals surface area contributed by atoms with Gasteiger partial charge in [-0.3, -0.25) is 4.72 Å². The highest BCUT2D eigenvalue weighted by Gasteiger charge is 2.33. The van der Waals surface area contributed by atoms with Gasteiger partial charge in [-0.05, 0) is 70.5 Å². The number of rotatable bonds is 9. The van der Waals surface area contributed by atoms with Crippen LogP contribution in [0.25, 0.3) is 22.0 Å². The van der Waals surface area contributed by atoms with Gasteiger partial charge in [-0.25, -0.2) is 41.9 Å². The van der Waals surface area contributed by atoms with Crippen molar-refractivity contribution in [2.45, 2.75) is 64.6 Å². The number of benzene rings is 2. The molecule has 1 aliphatic heterocycles. The Morgan fingerprint density at radius 1 is 1.04 bits per heavy atom. The number of nitrogens with one attached hydrogen (secondary N) is 2. The number of piperidine rings is 1. The summed E-state index contributed by atoms with van der Waals surface area (Å²) in [6.45, 7) is 8.98. The van der Waals surface area contributed by atoms with Crippen LogP contribution in [0, 0.1) is 19.7 Å². The van der Waals surface area contributed by atoms with E-state index >= 15 is 4.39 Å². The number of aromatic nitrogens is 4. The Morgan fingerprint density at radius 3 is 2.57 bits per heavy atom. The van der Waals surface area contributed by atoms with Gasteiger partial charge in [0.25, 0.3) is 0 Å². The van der Waals surface area contributed by atoms with Crippen LogP contribution in [0.1, 0.15) is 43.5 Å². The fourth-order valence-corrected chi connectivity index (χ4v) is 7.55. The van der Waals surface area contributed by atoms with E-state index in [1.165, 1.54) is 28.4 Å². The summed E-state index contributed by atoms with van der Waals surface area (Å²) in [5.74, 6) is -0.421. The van der Waals surface area contributed by atoms with Crippen molar-refractivity contribution in [3.63, 3.8) is 0 Å². The number of pyridine rings is 1. The van der Waals surface area contributed by atoms with Crippen molar-refractivity contribution < 1.29 is 31.5 Å². The van der Waals surface area contributed by atoms with Crippen molar-refractivity contribution in [3.8, 4) is 22.9 Å². The van der Waals surface area contributed by atoms with Crippen LogP contribution >= 0.6 is 11.3 Å². The van der Waals surface area contributed by atoms with Crippen molar-refractivity contribution in [2.75, 3.05) is 23.1 Å². The van der Waals surface area contributed by atoms with E-state index in [-0.39, 0.29) is 37.0 Å². The Labute approximate surface area is 298 Å². The number of hydrogen-bond donors (Lipinski definition) is 2. The quantitative estimate of drug-likeness (QED) is 0.157. The molecule has 3 aromatic heterocycles. The molecule has 12 nitrogen and oxygen atoms in total. The van der Waals surface area contributed by atoms with E-state index in [9.17, 15) is 17.6 Å². The molecule has 268 valence electrons. The number of likely N-dealkylation sites (tertiary alicyclic amines) is 1. The normalized spacial score (nSPS) is 16.6. The number of nitrogens with zero attached hydrogens (tertiary/aromatic N) is 5. The lowest BCUT2D eigenvalue weighted by Gasteiger charge is -2.36. The van der Waals surface area contributed by atoms with Crippen LogP contribution < -0.4 is 14.8 Å². The minimum absolute atomic E-state index is 0.0652. The number of anilines is 2. The van der Waals surface area contributed by atoms with Gasteiger partial charge < -0.3 is 19.7 Å². The number of ether oxygens (including phenoxy) is 2. The highest BCUT2D eigenvalue weighted by molar-refractivity contribution is 7.91. The molecule has 2 aromatic carbocycles. The van der Waals surface area contributed by atoms with E-state index in [1.54, 1.807) is 75.8 Å². The predicted octanol–water partition coefficient (Wildman–Crippen LogP) is 7.40. The van der Waals surface area contributed by atoms with Crippen LogP contribution in [0.5, 0.6) is 11.6 Å². The van der Waals surface area contributed by atoms with Gasteiger partial charge in [0.2, 0.25) is 21.9 Å².